The third-order valence-electron chi connectivity index (χ3n) is 3.16. The fourth-order valence-corrected chi connectivity index (χ4v) is 2.74. The van der Waals surface area contributed by atoms with E-state index in [1.54, 1.807) is 12.5 Å². The number of pyridine rings is 1. The second kappa shape index (κ2) is 5.66. The lowest BCUT2D eigenvalue weighted by atomic mass is 10.1. The number of ether oxygens (including phenoxy) is 2. The molecular formula is C14H16N2O3S. The van der Waals surface area contributed by atoms with Gasteiger partial charge in [0.15, 0.2) is 11.5 Å². The Kier molecular flexibility index (Phi) is 3.73. The summed E-state index contributed by atoms with van der Waals surface area (Å²) in [6.45, 7) is 1.02. The smallest absolute Gasteiger partial charge is 0.231 e. The number of nitrogens with zero attached hydrogens (tertiary/aromatic N) is 1. The quantitative estimate of drug-likeness (QED) is 0.856. The first-order valence-corrected chi connectivity index (χ1v) is 8.19. The van der Waals surface area contributed by atoms with Crippen molar-refractivity contribution in [2.24, 2.45) is 0 Å². The third kappa shape index (κ3) is 2.70. The van der Waals surface area contributed by atoms with Crippen molar-refractivity contribution < 1.29 is 13.7 Å². The van der Waals surface area contributed by atoms with Crippen LogP contribution in [0.1, 0.15) is 6.42 Å². The molecule has 0 bridgehead atoms. The summed E-state index contributed by atoms with van der Waals surface area (Å²) in [7, 11) is -0.747. The van der Waals surface area contributed by atoms with Crippen LogP contribution in [-0.2, 0) is 10.8 Å². The van der Waals surface area contributed by atoms with Crippen molar-refractivity contribution in [3.05, 3.63) is 24.4 Å². The summed E-state index contributed by atoms with van der Waals surface area (Å²) in [6, 6.07) is 5.86. The number of rotatable bonds is 5. The summed E-state index contributed by atoms with van der Waals surface area (Å²) in [5.41, 5.74) is 0. The largest absolute Gasteiger partial charge is 0.454 e. The van der Waals surface area contributed by atoms with Crippen LogP contribution in [-0.4, -0.2) is 34.5 Å². The van der Waals surface area contributed by atoms with Crippen molar-refractivity contribution in [1.82, 2.24) is 4.98 Å². The van der Waals surface area contributed by atoms with Gasteiger partial charge in [-0.05, 0) is 30.0 Å². The van der Waals surface area contributed by atoms with Gasteiger partial charge in [-0.1, -0.05) is 0 Å². The van der Waals surface area contributed by atoms with Crippen molar-refractivity contribution >= 4 is 27.4 Å². The zero-order valence-electron chi connectivity index (χ0n) is 11.2. The molecule has 20 heavy (non-hydrogen) atoms. The second-order valence-electron chi connectivity index (χ2n) is 4.64. The molecule has 0 aliphatic carbocycles. The number of nitrogens with one attached hydrogen (secondary N) is 1. The van der Waals surface area contributed by atoms with E-state index in [0.717, 1.165) is 41.1 Å². The number of hydrogen-bond donors (Lipinski definition) is 1. The Hall–Kier alpha value is -1.82. The molecule has 1 aliphatic rings. The van der Waals surface area contributed by atoms with Gasteiger partial charge in [0.2, 0.25) is 6.79 Å². The molecule has 0 amide bonds. The van der Waals surface area contributed by atoms with Gasteiger partial charge in [-0.15, -0.1) is 0 Å². The van der Waals surface area contributed by atoms with Crippen LogP contribution in [0.2, 0.25) is 0 Å². The van der Waals surface area contributed by atoms with Gasteiger partial charge < -0.3 is 14.8 Å². The van der Waals surface area contributed by atoms with E-state index >= 15 is 0 Å². The minimum absolute atomic E-state index is 0.268. The standard InChI is InChI=1S/C14H16N2O3S/c1-20(17)6-2-4-15-14-11-8-13-12(18-9-19-13)7-10(11)3-5-16-14/h3,5,7-8H,2,4,6,9H2,1H3,(H,15,16). The number of aromatic nitrogens is 1. The predicted octanol–water partition coefficient (Wildman–Crippen LogP) is 2.14. The highest BCUT2D eigenvalue weighted by molar-refractivity contribution is 7.84. The minimum atomic E-state index is -0.747. The topological polar surface area (TPSA) is 60.5 Å². The maximum absolute atomic E-state index is 11.0. The van der Waals surface area contributed by atoms with Crippen molar-refractivity contribution in [1.29, 1.82) is 0 Å². The molecule has 106 valence electrons. The van der Waals surface area contributed by atoms with Crippen LogP contribution >= 0.6 is 0 Å². The maximum atomic E-state index is 11.0. The summed E-state index contributed by atoms with van der Waals surface area (Å²) < 4.78 is 21.8. The molecule has 2 heterocycles. The average molecular weight is 292 g/mol. The lowest BCUT2D eigenvalue weighted by Gasteiger charge is -2.09. The molecule has 0 fully saturated rings. The lowest BCUT2D eigenvalue weighted by Crippen LogP contribution is -2.07. The summed E-state index contributed by atoms with van der Waals surface area (Å²) in [5.74, 6) is 3.05. The van der Waals surface area contributed by atoms with E-state index in [4.69, 9.17) is 9.47 Å². The lowest BCUT2D eigenvalue weighted by molar-refractivity contribution is 0.174. The molecule has 0 radical (unpaired) electrons. The SMILES string of the molecule is CS(=O)CCCNc1nccc2cc3c(cc12)OCO3. The van der Waals surface area contributed by atoms with Crippen molar-refractivity contribution in [2.45, 2.75) is 6.42 Å². The second-order valence-corrected chi connectivity index (χ2v) is 6.20. The molecule has 1 aliphatic heterocycles. The molecule has 1 aromatic carbocycles. The molecular weight excluding hydrogens is 276 g/mol. The van der Waals surface area contributed by atoms with E-state index < -0.39 is 10.8 Å². The Morgan fingerprint density at radius 1 is 1.35 bits per heavy atom. The Labute approximate surface area is 119 Å². The van der Waals surface area contributed by atoms with Gasteiger partial charge in [0.05, 0.1) is 0 Å². The number of fused-ring (bicyclic) bond motifs is 2. The van der Waals surface area contributed by atoms with Crippen LogP contribution in [0.3, 0.4) is 0 Å². The van der Waals surface area contributed by atoms with Gasteiger partial charge >= 0.3 is 0 Å². The van der Waals surface area contributed by atoms with Gasteiger partial charge in [0.1, 0.15) is 5.82 Å². The normalized spacial score (nSPS) is 14.4. The zero-order chi connectivity index (χ0) is 13.9. The molecule has 1 unspecified atom stereocenters. The molecule has 1 N–H and O–H groups in total. The van der Waals surface area contributed by atoms with Crippen LogP contribution in [0, 0.1) is 0 Å². The molecule has 3 rings (SSSR count). The first-order valence-electron chi connectivity index (χ1n) is 6.46. The Morgan fingerprint density at radius 3 is 2.95 bits per heavy atom. The van der Waals surface area contributed by atoms with Crippen molar-refractivity contribution in [3.8, 4) is 11.5 Å². The van der Waals surface area contributed by atoms with Crippen molar-refractivity contribution in [2.75, 3.05) is 30.7 Å². The average Bonchev–Trinajstić information content (AvgIpc) is 2.88. The molecule has 2 aromatic rings. The van der Waals surface area contributed by atoms with Gasteiger partial charge in [-0.2, -0.15) is 0 Å². The fraction of sp³-hybridized carbons (Fsp3) is 0.357. The molecule has 5 nitrogen and oxygen atoms in total. The van der Waals surface area contributed by atoms with Crippen molar-refractivity contribution in [3.63, 3.8) is 0 Å². The minimum Gasteiger partial charge on any atom is -0.454 e. The van der Waals surface area contributed by atoms with E-state index in [-0.39, 0.29) is 6.79 Å². The van der Waals surface area contributed by atoms with E-state index in [1.807, 2.05) is 18.2 Å². The highest BCUT2D eigenvalue weighted by Crippen LogP contribution is 2.37. The molecule has 0 saturated heterocycles. The van der Waals surface area contributed by atoms with Gasteiger partial charge in [0, 0.05) is 40.9 Å². The van der Waals surface area contributed by atoms with E-state index in [1.165, 1.54) is 0 Å². The maximum Gasteiger partial charge on any atom is 0.231 e. The van der Waals surface area contributed by atoms with Crippen LogP contribution in [0.5, 0.6) is 11.5 Å². The van der Waals surface area contributed by atoms with Gasteiger partial charge in [0.25, 0.3) is 0 Å². The molecule has 1 aromatic heterocycles. The van der Waals surface area contributed by atoms with Gasteiger partial charge in [-0.25, -0.2) is 4.98 Å². The number of anilines is 1. The van der Waals surface area contributed by atoms with Crippen LogP contribution < -0.4 is 14.8 Å². The molecule has 1 atom stereocenters. The number of benzene rings is 1. The van der Waals surface area contributed by atoms with Crippen LogP contribution in [0.25, 0.3) is 10.8 Å². The highest BCUT2D eigenvalue weighted by atomic mass is 32.2. The summed E-state index contributed by atoms with van der Waals surface area (Å²) >= 11 is 0. The van der Waals surface area contributed by atoms with Crippen LogP contribution in [0.4, 0.5) is 5.82 Å². The Bertz CT molecular complexity index is 660. The monoisotopic (exact) mass is 292 g/mol. The van der Waals surface area contributed by atoms with E-state index in [0.29, 0.717) is 5.75 Å². The fourth-order valence-electron chi connectivity index (χ4n) is 2.19. The van der Waals surface area contributed by atoms with Gasteiger partial charge in [-0.3, -0.25) is 4.21 Å². The van der Waals surface area contributed by atoms with E-state index in [2.05, 4.69) is 10.3 Å². The molecule has 0 saturated carbocycles. The first kappa shape index (κ1) is 13.2. The molecule has 6 heteroatoms. The number of hydrogen-bond acceptors (Lipinski definition) is 5. The highest BCUT2D eigenvalue weighted by Gasteiger charge is 2.15. The summed E-state index contributed by atoms with van der Waals surface area (Å²) in [4.78, 5) is 4.37. The Balaban J connectivity index is 1.82. The predicted molar refractivity (Wildman–Crippen MR) is 79.9 cm³/mol. The third-order valence-corrected chi connectivity index (χ3v) is 4.02. The summed E-state index contributed by atoms with van der Waals surface area (Å²) in [5, 5.41) is 5.36. The van der Waals surface area contributed by atoms with E-state index in [9.17, 15) is 4.21 Å². The first-order chi connectivity index (χ1) is 9.74. The Morgan fingerprint density at radius 2 is 2.15 bits per heavy atom. The zero-order valence-corrected chi connectivity index (χ0v) is 12.0. The molecule has 0 spiro atoms. The summed E-state index contributed by atoms with van der Waals surface area (Å²) in [6.07, 6.45) is 4.34. The van der Waals surface area contributed by atoms with Crippen LogP contribution in [0.15, 0.2) is 24.4 Å².